The lowest BCUT2D eigenvalue weighted by atomic mass is 9.91. The second kappa shape index (κ2) is 7.93. The lowest BCUT2D eigenvalue weighted by Crippen LogP contribution is -3.00. The monoisotopic (exact) mass is 415 g/mol. The van der Waals surface area contributed by atoms with Gasteiger partial charge in [-0.05, 0) is 24.0 Å². The van der Waals surface area contributed by atoms with Crippen LogP contribution >= 0.6 is 0 Å². The summed E-state index contributed by atoms with van der Waals surface area (Å²) in [6.45, 7) is 3.33. The normalized spacial score (nSPS) is 27.0. The molecule has 2 bridgehead atoms. The number of hydrogen-bond acceptors (Lipinski definition) is 2. The summed E-state index contributed by atoms with van der Waals surface area (Å²) in [5, 5.41) is 0. The van der Waals surface area contributed by atoms with E-state index in [1.165, 1.54) is 19.4 Å². The molecule has 4 heteroatoms. The van der Waals surface area contributed by atoms with E-state index in [2.05, 4.69) is 7.05 Å². The number of nitrogens with zero attached hydrogens (tertiary/aromatic N) is 1. The van der Waals surface area contributed by atoms with Crippen molar-refractivity contribution < 1.29 is 31.0 Å². The smallest absolute Gasteiger partial charge is 0.318 e. The molecule has 3 unspecified atom stereocenters. The van der Waals surface area contributed by atoms with Gasteiger partial charge in [0, 0.05) is 0 Å². The number of likely N-dealkylation sites (N-methyl/N-ethyl adjacent to an activating group) is 1. The maximum Gasteiger partial charge on any atom is 0.318 e. The Morgan fingerprint density at radius 2 is 1.58 bits per heavy atom. The quantitative estimate of drug-likeness (QED) is 0.539. The van der Waals surface area contributed by atoms with Crippen molar-refractivity contribution >= 4 is 5.97 Å². The van der Waals surface area contributed by atoms with Crippen LogP contribution in [-0.2, 0) is 9.53 Å². The number of piperidine rings is 1. The molecular formula is C22H26BrNO2. The van der Waals surface area contributed by atoms with Gasteiger partial charge in [0.1, 0.15) is 12.5 Å². The number of ether oxygens (including phenoxy) is 1. The minimum atomic E-state index is -0.344. The maximum atomic E-state index is 13.2. The summed E-state index contributed by atoms with van der Waals surface area (Å²) in [4.78, 5) is 13.2. The molecule has 2 saturated heterocycles. The average molecular weight is 416 g/mol. The van der Waals surface area contributed by atoms with Crippen LogP contribution in [0, 0.1) is 5.92 Å². The highest BCUT2D eigenvalue weighted by molar-refractivity contribution is 5.82. The van der Waals surface area contributed by atoms with E-state index >= 15 is 0 Å². The molecule has 2 aromatic rings. The van der Waals surface area contributed by atoms with Crippen LogP contribution < -0.4 is 17.0 Å². The average Bonchev–Trinajstić information content (AvgIpc) is 2.84. The van der Waals surface area contributed by atoms with Gasteiger partial charge in [-0.25, -0.2) is 0 Å². The Morgan fingerprint density at radius 1 is 1.00 bits per heavy atom. The van der Waals surface area contributed by atoms with Gasteiger partial charge in [0.05, 0.1) is 26.1 Å². The maximum absolute atomic E-state index is 13.2. The third-order valence-corrected chi connectivity index (χ3v) is 5.86. The number of rotatable bonds is 4. The molecule has 3 atom stereocenters. The molecule has 4 rings (SSSR count). The van der Waals surface area contributed by atoms with Crippen molar-refractivity contribution in [3.8, 4) is 0 Å². The van der Waals surface area contributed by atoms with Crippen LogP contribution in [0.5, 0.6) is 0 Å². The minimum Gasteiger partial charge on any atom is -1.00 e. The van der Waals surface area contributed by atoms with Gasteiger partial charge in [-0.1, -0.05) is 60.7 Å². The van der Waals surface area contributed by atoms with Crippen LogP contribution in [0.3, 0.4) is 0 Å². The van der Waals surface area contributed by atoms with E-state index in [1.807, 2.05) is 60.7 Å². The summed E-state index contributed by atoms with van der Waals surface area (Å²) in [5.74, 6) is 0.0702. The van der Waals surface area contributed by atoms with Gasteiger partial charge >= 0.3 is 5.97 Å². The van der Waals surface area contributed by atoms with Gasteiger partial charge in [-0.3, -0.25) is 4.79 Å². The number of quaternary nitrogens is 1. The predicted molar refractivity (Wildman–Crippen MR) is 98.1 cm³/mol. The Morgan fingerprint density at radius 3 is 2.12 bits per heavy atom. The summed E-state index contributed by atoms with van der Waals surface area (Å²) in [5.41, 5.74) is 2.00. The fraction of sp³-hybridized carbons (Fsp3) is 0.409. The third-order valence-electron chi connectivity index (χ3n) is 5.86. The van der Waals surface area contributed by atoms with Gasteiger partial charge < -0.3 is 26.2 Å². The van der Waals surface area contributed by atoms with Crippen molar-refractivity contribution in [2.24, 2.45) is 5.92 Å². The van der Waals surface area contributed by atoms with Crippen molar-refractivity contribution in [2.45, 2.75) is 24.9 Å². The molecule has 0 amide bonds. The molecular weight excluding hydrogens is 390 g/mol. The number of carbonyl (C=O) groups excluding carboxylic acids is 1. The van der Waals surface area contributed by atoms with Gasteiger partial charge in [0.2, 0.25) is 0 Å². The van der Waals surface area contributed by atoms with E-state index in [1.54, 1.807) is 0 Å². The zero-order valence-corrected chi connectivity index (χ0v) is 16.8. The van der Waals surface area contributed by atoms with Crippen LogP contribution in [0.4, 0.5) is 0 Å². The molecule has 2 aliphatic rings. The summed E-state index contributed by atoms with van der Waals surface area (Å²) < 4.78 is 7.17. The van der Waals surface area contributed by atoms with Gasteiger partial charge in [0.25, 0.3) is 0 Å². The topological polar surface area (TPSA) is 26.3 Å². The highest BCUT2D eigenvalue weighted by Crippen LogP contribution is 2.35. The summed E-state index contributed by atoms with van der Waals surface area (Å²) in [6.07, 6.45) is 2.50. The van der Waals surface area contributed by atoms with E-state index in [-0.39, 0.29) is 35.0 Å². The van der Waals surface area contributed by atoms with E-state index < -0.39 is 0 Å². The first-order chi connectivity index (χ1) is 12.1. The molecule has 0 aliphatic carbocycles. The molecule has 138 valence electrons. The first kappa shape index (κ1) is 19.1. The molecule has 2 aromatic carbocycles. The lowest BCUT2D eigenvalue weighted by molar-refractivity contribution is -0.903. The van der Waals surface area contributed by atoms with Crippen molar-refractivity contribution in [1.29, 1.82) is 0 Å². The number of fused-ring (bicyclic) bond motifs is 2. The van der Waals surface area contributed by atoms with Crippen molar-refractivity contribution in [2.75, 3.05) is 26.7 Å². The van der Waals surface area contributed by atoms with Gasteiger partial charge in [-0.2, -0.15) is 0 Å². The molecule has 0 N–H and O–H groups in total. The van der Waals surface area contributed by atoms with Crippen LogP contribution in [0.25, 0.3) is 0 Å². The number of carbonyl (C=O) groups is 1. The zero-order valence-electron chi connectivity index (χ0n) is 15.2. The molecule has 0 aromatic heterocycles. The summed E-state index contributed by atoms with van der Waals surface area (Å²) in [7, 11) is 2.30. The molecule has 26 heavy (non-hydrogen) atoms. The Balaban J connectivity index is 0.00000196. The highest BCUT2D eigenvalue weighted by Gasteiger charge is 2.47. The minimum absolute atomic E-state index is 0. The Hall–Kier alpha value is -1.65. The van der Waals surface area contributed by atoms with Crippen molar-refractivity contribution in [3.05, 3.63) is 71.8 Å². The zero-order chi connectivity index (χ0) is 17.3. The second-order valence-electron chi connectivity index (χ2n) is 7.84. The van der Waals surface area contributed by atoms with Crippen molar-refractivity contribution in [3.63, 3.8) is 0 Å². The Bertz CT molecular complexity index is 697. The standard InChI is InChI=1S/C22H26NO2.BrH/c1-23-14-8-13-19(15-23)20(16-23)25-22(24)21(17-9-4-2-5-10-17)18-11-6-3-7-12-18;/h2-7,9-12,19-21H,8,13-16H2,1H3;1H/q+1;/p-1. The summed E-state index contributed by atoms with van der Waals surface area (Å²) in [6, 6.07) is 20.0. The second-order valence-corrected chi connectivity index (χ2v) is 7.84. The Labute approximate surface area is 166 Å². The first-order valence-corrected chi connectivity index (χ1v) is 9.29. The predicted octanol–water partition coefficient (Wildman–Crippen LogP) is 0.605. The van der Waals surface area contributed by atoms with Gasteiger partial charge in [0.15, 0.2) is 6.10 Å². The fourth-order valence-corrected chi connectivity index (χ4v) is 4.64. The first-order valence-electron chi connectivity index (χ1n) is 9.29. The van der Waals surface area contributed by atoms with Crippen LogP contribution in [0.2, 0.25) is 0 Å². The molecule has 2 aliphatic heterocycles. The molecule has 0 saturated carbocycles. The lowest BCUT2D eigenvalue weighted by Gasteiger charge is -2.32. The molecule has 0 radical (unpaired) electrons. The molecule has 2 fully saturated rings. The van der Waals surface area contributed by atoms with E-state index in [4.69, 9.17) is 4.74 Å². The summed E-state index contributed by atoms with van der Waals surface area (Å²) >= 11 is 0. The Kier molecular flexibility index (Phi) is 5.83. The SMILES string of the molecule is C[N+]12CCCC(C1)C(OC(=O)C(c1ccccc1)c1ccccc1)C2.[Br-]. The van der Waals surface area contributed by atoms with E-state index in [0.29, 0.717) is 5.92 Å². The third kappa shape index (κ3) is 3.86. The van der Waals surface area contributed by atoms with E-state index in [0.717, 1.165) is 28.7 Å². The largest absolute Gasteiger partial charge is 1.00 e. The number of hydrogen-bond donors (Lipinski definition) is 0. The van der Waals surface area contributed by atoms with Crippen LogP contribution in [0.15, 0.2) is 60.7 Å². The number of benzene rings is 2. The van der Waals surface area contributed by atoms with Gasteiger partial charge in [-0.15, -0.1) is 0 Å². The highest BCUT2D eigenvalue weighted by atomic mass is 79.9. The molecule has 0 spiro atoms. The molecule has 3 nitrogen and oxygen atoms in total. The number of halogens is 1. The molecule has 2 heterocycles. The van der Waals surface area contributed by atoms with E-state index in [9.17, 15) is 4.79 Å². The van der Waals surface area contributed by atoms with Crippen LogP contribution in [-0.4, -0.2) is 43.2 Å². The number of esters is 1. The van der Waals surface area contributed by atoms with Crippen LogP contribution in [0.1, 0.15) is 29.9 Å². The fourth-order valence-electron chi connectivity index (χ4n) is 4.64. The van der Waals surface area contributed by atoms with Crippen molar-refractivity contribution in [1.82, 2.24) is 0 Å².